The molecule has 3 aromatic heterocycles. The second-order valence-electron chi connectivity index (χ2n) is 8.49. The monoisotopic (exact) mass is 461 g/mol. The molecule has 11 heteroatoms. The third-order valence-corrected chi connectivity index (χ3v) is 7.46. The lowest BCUT2D eigenvalue weighted by Crippen LogP contribution is -2.45. The molecule has 2 fully saturated rings. The third-order valence-electron chi connectivity index (χ3n) is 6.58. The molecule has 5 rings (SSSR count). The zero-order valence-electron chi connectivity index (χ0n) is 17.9. The summed E-state index contributed by atoms with van der Waals surface area (Å²) in [6.45, 7) is 4.29. The molecule has 0 atom stereocenters. The van der Waals surface area contributed by atoms with E-state index in [2.05, 4.69) is 37.3 Å². The molecule has 170 valence electrons. The fourth-order valence-corrected chi connectivity index (χ4v) is 5.57. The van der Waals surface area contributed by atoms with Gasteiger partial charge in [-0.3, -0.25) is 4.79 Å². The lowest BCUT2D eigenvalue weighted by molar-refractivity contribution is -0.137. The lowest BCUT2D eigenvalue weighted by atomic mass is 9.77. The van der Waals surface area contributed by atoms with Gasteiger partial charge in [0.05, 0.1) is 30.0 Å². The summed E-state index contributed by atoms with van der Waals surface area (Å²) in [5.41, 5.74) is 1.61. The molecule has 8 nitrogen and oxygen atoms in total. The van der Waals surface area contributed by atoms with Crippen molar-refractivity contribution < 1.29 is 13.6 Å². The number of aromatic nitrogens is 5. The molecular formula is C21H25F2N7OS. The summed E-state index contributed by atoms with van der Waals surface area (Å²) < 4.78 is 26.8. The number of likely N-dealkylation sites (tertiary alicyclic amines) is 1. The van der Waals surface area contributed by atoms with Gasteiger partial charge in [0, 0.05) is 25.0 Å². The molecule has 2 aliphatic heterocycles. The van der Waals surface area contributed by atoms with Crippen molar-refractivity contribution in [2.45, 2.75) is 52.1 Å². The predicted molar refractivity (Wildman–Crippen MR) is 117 cm³/mol. The molecule has 0 radical (unpaired) electrons. The third kappa shape index (κ3) is 3.82. The second kappa shape index (κ2) is 8.34. The van der Waals surface area contributed by atoms with Gasteiger partial charge in [-0.1, -0.05) is 6.92 Å². The number of aryl methyl sites for hydroxylation is 1. The van der Waals surface area contributed by atoms with E-state index in [-0.39, 0.29) is 11.3 Å². The number of halogens is 2. The fourth-order valence-electron chi connectivity index (χ4n) is 4.68. The number of rotatable bonds is 6. The second-order valence-corrected chi connectivity index (χ2v) is 9.43. The van der Waals surface area contributed by atoms with Crippen LogP contribution in [-0.2, 0) is 24.3 Å². The number of hydrogen-bond acceptors (Lipinski definition) is 7. The molecule has 2 aliphatic rings. The topological polar surface area (TPSA) is 80.0 Å². The van der Waals surface area contributed by atoms with E-state index in [1.807, 2.05) is 4.90 Å². The van der Waals surface area contributed by atoms with E-state index in [1.165, 1.54) is 10.9 Å². The van der Waals surface area contributed by atoms with Crippen LogP contribution >= 0.6 is 11.3 Å². The van der Waals surface area contributed by atoms with Crippen LogP contribution < -0.4 is 4.90 Å². The Hall–Kier alpha value is -2.69. The maximum atomic E-state index is 13.3. The highest BCUT2D eigenvalue weighted by Crippen LogP contribution is 2.42. The SMILES string of the molecule is CCc1csc(CN2CCC3(CCN(c4cnc5cnn(CC(F)F)c5n4)CC3)C2=O)n1. The number of alkyl halides is 2. The largest absolute Gasteiger partial charge is 0.355 e. The summed E-state index contributed by atoms with van der Waals surface area (Å²) in [6.07, 6.45) is 3.86. The van der Waals surface area contributed by atoms with Gasteiger partial charge < -0.3 is 9.80 Å². The molecule has 0 aromatic carbocycles. The fraction of sp³-hybridized carbons (Fsp3) is 0.571. The number of carbonyl (C=O) groups is 1. The van der Waals surface area contributed by atoms with Gasteiger partial charge in [-0.05, 0) is 25.7 Å². The summed E-state index contributed by atoms with van der Waals surface area (Å²) in [7, 11) is 0. The van der Waals surface area contributed by atoms with Crippen LogP contribution in [0.15, 0.2) is 17.8 Å². The maximum absolute atomic E-state index is 13.3. The van der Waals surface area contributed by atoms with E-state index in [1.54, 1.807) is 17.5 Å². The average molecular weight is 462 g/mol. The van der Waals surface area contributed by atoms with Crippen molar-refractivity contribution in [1.29, 1.82) is 0 Å². The number of piperidine rings is 1. The van der Waals surface area contributed by atoms with Gasteiger partial charge in [0.1, 0.15) is 22.9 Å². The highest BCUT2D eigenvalue weighted by molar-refractivity contribution is 7.09. The van der Waals surface area contributed by atoms with E-state index in [0.717, 1.165) is 42.9 Å². The van der Waals surface area contributed by atoms with Gasteiger partial charge in [-0.15, -0.1) is 11.3 Å². The van der Waals surface area contributed by atoms with E-state index in [0.29, 0.717) is 36.6 Å². The number of nitrogens with zero attached hydrogens (tertiary/aromatic N) is 7. The molecule has 0 N–H and O–H groups in total. The van der Waals surface area contributed by atoms with Crippen molar-refractivity contribution in [3.05, 3.63) is 28.5 Å². The number of anilines is 1. The molecule has 32 heavy (non-hydrogen) atoms. The Labute approximate surface area is 188 Å². The van der Waals surface area contributed by atoms with Gasteiger partial charge in [0.2, 0.25) is 5.91 Å². The molecule has 0 saturated carbocycles. The zero-order chi connectivity index (χ0) is 22.3. The minimum absolute atomic E-state index is 0.224. The maximum Gasteiger partial charge on any atom is 0.258 e. The van der Waals surface area contributed by atoms with Crippen molar-refractivity contribution in [1.82, 2.24) is 29.6 Å². The molecule has 1 spiro atoms. The molecule has 0 aliphatic carbocycles. The molecule has 5 heterocycles. The lowest BCUT2D eigenvalue weighted by Gasteiger charge is -2.38. The van der Waals surface area contributed by atoms with E-state index in [4.69, 9.17) is 0 Å². The van der Waals surface area contributed by atoms with Gasteiger partial charge in [0.15, 0.2) is 5.65 Å². The molecule has 0 bridgehead atoms. The van der Waals surface area contributed by atoms with Crippen molar-refractivity contribution in [2.75, 3.05) is 24.5 Å². The highest BCUT2D eigenvalue weighted by Gasteiger charge is 2.48. The van der Waals surface area contributed by atoms with Crippen molar-refractivity contribution in [3.63, 3.8) is 0 Å². The van der Waals surface area contributed by atoms with E-state index >= 15 is 0 Å². The summed E-state index contributed by atoms with van der Waals surface area (Å²) in [4.78, 5) is 30.8. The normalized spacial score (nSPS) is 18.6. The summed E-state index contributed by atoms with van der Waals surface area (Å²) in [5.74, 6) is 0.863. The van der Waals surface area contributed by atoms with Crippen LogP contribution in [0.5, 0.6) is 0 Å². The number of amides is 1. The Morgan fingerprint density at radius 3 is 2.66 bits per heavy atom. The first-order chi connectivity index (χ1) is 15.5. The Bertz CT molecular complexity index is 1120. The standard InChI is InChI=1S/C21H25F2N7OS/c1-2-14-13-32-18(26-14)12-29-8-5-21(20(29)31)3-6-28(7-4-21)17-10-24-15-9-25-30(11-16(22)23)19(15)27-17/h9-10,13,16H,2-8,11-12H2,1H3. The first kappa shape index (κ1) is 21.2. The molecule has 2 saturated heterocycles. The van der Waals surface area contributed by atoms with Crippen LogP contribution in [0.1, 0.15) is 36.9 Å². The van der Waals surface area contributed by atoms with Gasteiger partial charge >= 0.3 is 0 Å². The van der Waals surface area contributed by atoms with Crippen LogP contribution in [0, 0.1) is 5.41 Å². The molecular weight excluding hydrogens is 436 g/mol. The van der Waals surface area contributed by atoms with Gasteiger partial charge in [-0.2, -0.15) is 5.10 Å². The Kier molecular flexibility index (Phi) is 5.52. The van der Waals surface area contributed by atoms with Crippen molar-refractivity contribution in [3.8, 4) is 0 Å². The van der Waals surface area contributed by atoms with E-state index in [9.17, 15) is 13.6 Å². The Balaban J connectivity index is 1.26. The molecule has 1 amide bonds. The van der Waals surface area contributed by atoms with Gasteiger partial charge in [-0.25, -0.2) is 28.4 Å². The van der Waals surface area contributed by atoms with Crippen molar-refractivity contribution in [2.24, 2.45) is 5.41 Å². The van der Waals surface area contributed by atoms with Crippen LogP contribution in [-0.4, -0.2) is 61.6 Å². The first-order valence-electron chi connectivity index (χ1n) is 10.9. The summed E-state index contributed by atoms with van der Waals surface area (Å²) >= 11 is 1.62. The zero-order valence-corrected chi connectivity index (χ0v) is 18.7. The van der Waals surface area contributed by atoms with Crippen LogP contribution in [0.25, 0.3) is 11.2 Å². The van der Waals surface area contributed by atoms with Crippen LogP contribution in [0.4, 0.5) is 14.6 Å². The van der Waals surface area contributed by atoms with E-state index < -0.39 is 13.0 Å². The highest BCUT2D eigenvalue weighted by atomic mass is 32.1. The first-order valence-corrected chi connectivity index (χ1v) is 11.8. The average Bonchev–Trinajstić information content (AvgIpc) is 3.49. The summed E-state index contributed by atoms with van der Waals surface area (Å²) in [5, 5.41) is 7.04. The number of fused-ring (bicyclic) bond motifs is 1. The quantitative estimate of drug-likeness (QED) is 0.561. The van der Waals surface area contributed by atoms with Crippen LogP contribution in [0.3, 0.4) is 0 Å². The molecule has 3 aromatic rings. The molecule has 0 unspecified atom stereocenters. The van der Waals surface area contributed by atoms with Crippen molar-refractivity contribution >= 4 is 34.2 Å². The van der Waals surface area contributed by atoms with Gasteiger partial charge in [0.25, 0.3) is 6.43 Å². The smallest absolute Gasteiger partial charge is 0.258 e. The minimum Gasteiger partial charge on any atom is -0.355 e. The Morgan fingerprint density at radius 1 is 1.16 bits per heavy atom. The summed E-state index contributed by atoms with van der Waals surface area (Å²) in [6, 6.07) is 0. The number of thiazole rings is 1. The van der Waals surface area contributed by atoms with Crippen LogP contribution in [0.2, 0.25) is 0 Å². The number of hydrogen-bond donors (Lipinski definition) is 0. The predicted octanol–water partition coefficient (Wildman–Crippen LogP) is 3.13. The number of carbonyl (C=O) groups excluding carboxylic acids is 1. The Morgan fingerprint density at radius 2 is 1.94 bits per heavy atom. The minimum atomic E-state index is -2.51.